The van der Waals surface area contributed by atoms with Crippen LogP contribution in [0.1, 0.15) is 17.2 Å². The van der Waals surface area contributed by atoms with Crippen molar-refractivity contribution >= 4 is 0 Å². The Balaban J connectivity index is 1.96. The van der Waals surface area contributed by atoms with Gasteiger partial charge in [0.05, 0.1) is 7.11 Å². The van der Waals surface area contributed by atoms with Gasteiger partial charge in [-0.2, -0.15) is 0 Å². The molecule has 0 aliphatic rings. The maximum Gasteiger partial charge on any atom is 0.126 e. The first-order valence-corrected chi connectivity index (χ1v) is 6.31. The van der Waals surface area contributed by atoms with Crippen LogP contribution in [-0.2, 0) is 0 Å². The van der Waals surface area contributed by atoms with E-state index >= 15 is 0 Å². The molecule has 106 valence electrons. The molecule has 0 amide bonds. The molecule has 4 heteroatoms. The van der Waals surface area contributed by atoms with Crippen LogP contribution in [0, 0.1) is 12.7 Å². The molecule has 0 bridgehead atoms. The zero-order chi connectivity index (χ0) is 14.5. The third-order valence-corrected chi connectivity index (χ3v) is 3.04. The molecule has 0 aliphatic carbocycles. The van der Waals surface area contributed by atoms with Gasteiger partial charge in [0.1, 0.15) is 30.0 Å². The maximum atomic E-state index is 13.1. The normalized spacial score (nSPS) is 12.0. The van der Waals surface area contributed by atoms with Crippen molar-refractivity contribution in [2.24, 2.45) is 0 Å². The molecular weight excluding hydrogens is 259 g/mol. The van der Waals surface area contributed by atoms with Crippen LogP contribution < -0.4 is 9.47 Å². The Bertz CT molecular complexity index is 566. The van der Waals surface area contributed by atoms with Crippen molar-refractivity contribution in [3.05, 3.63) is 59.4 Å². The number of aryl methyl sites for hydroxylation is 1. The molecule has 1 atom stereocenters. The lowest BCUT2D eigenvalue weighted by molar-refractivity contribution is 0.108. The summed E-state index contributed by atoms with van der Waals surface area (Å²) in [6, 6.07) is 11.6. The number of aliphatic hydroxyl groups excluding tert-OH is 1. The molecule has 0 spiro atoms. The van der Waals surface area contributed by atoms with E-state index in [4.69, 9.17) is 9.47 Å². The fourth-order valence-corrected chi connectivity index (χ4v) is 1.80. The van der Waals surface area contributed by atoms with Crippen molar-refractivity contribution < 1.29 is 19.0 Å². The minimum atomic E-state index is -0.744. The highest BCUT2D eigenvalue weighted by molar-refractivity contribution is 5.30. The first-order chi connectivity index (χ1) is 9.60. The number of methoxy groups -OCH3 is 1. The van der Waals surface area contributed by atoms with Gasteiger partial charge in [-0.25, -0.2) is 4.39 Å². The molecule has 0 radical (unpaired) electrons. The molecule has 0 heterocycles. The Hall–Kier alpha value is -2.07. The fraction of sp³-hybridized carbons (Fsp3) is 0.250. The number of benzene rings is 2. The maximum absolute atomic E-state index is 13.1. The summed E-state index contributed by atoms with van der Waals surface area (Å²) in [4.78, 5) is 0. The van der Waals surface area contributed by atoms with E-state index in [2.05, 4.69) is 0 Å². The molecule has 0 saturated heterocycles. The molecule has 0 saturated carbocycles. The average Bonchev–Trinajstić information content (AvgIpc) is 2.48. The van der Waals surface area contributed by atoms with Crippen LogP contribution >= 0.6 is 0 Å². The van der Waals surface area contributed by atoms with Gasteiger partial charge in [0, 0.05) is 0 Å². The first-order valence-electron chi connectivity index (χ1n) is 6.31. The zero-order valence-corrected chi connectivity index (χ0v) is 11.5. The summed E-state index contributed by atoms with van der Waals surface area (Å²) >= 11 is 0. The minimum Gasteiger partial charge on any atom is -0.497 e. The fourth-order valence-electron chi connectivity index (χ4n) is 1.80. The Labute approximate surface area is 117 Å². The molecular formula is C16H17FO3. The Kier molecular flexibility index (Phi) is 4.58. The van der Waals surface area contributed by atoms with E-state index < -0.39 is 6.10 Å². The van der Waals surface area contributed by atoms with E-state index in [0.29, 0.717) is 11.3 Å². The average molecular weight is 276 g/mol. The summed E-state index contributed by atoms with van der Waals surface area (Å²) in [5.74, 6) is 1.00. The monoisotopic (exact) mass is 276 g/mol. The number of ether oxygens (including phenoxy) is 2. The van der Waals surface area contributed by atoms with Crippen LogP contribution in [0.25, 0.3) is 0 Å². The molecule has 2 aromatic carbocycles. The molecule has 2 aromatic rings. The van der Waals surface area contributed by atoms with Crippen molar-refractivity contribution in [2.45, 2.75) is 13.0 Å². The molecule has 0 aromatic heterocycles. The highest BCUT2D eigenvalue weighted by Crippen LogP contribution is 2.20. The van der Waals surface area contributed by atoms with Crippen LogP contribution in [-0.4, -0.2) is 18.8 Å². The second kappa shape index (κ2) is 6.39. The van der Waals surface area contributed by atoms with Gasteiger partial charge in [0.2, 0.25) is 0 Å². The van der Waals surface area contributed by atoms with Crippen LogP contribution in [0.4, 0.5) is 4.39 Å². The van der Waals surface area contributed by atoms with E-state index in [1.807, 2.05) is 0 Å². The van der Waals surface area contributed by atoms with Crippen molar-refractivity contribution in [1.82, 2.24) is 0 Å². The zero-order valence-electron chi connectivity index (χ0n) is 11.5. The standard InChI is InChI=1S/C16H17FO3/c1-11-9-14(7-8-15(11)17)20-10-16(18)12-3-5-13(19-2)6-4-12/h3-9,16,18H,10H2,1-2H3. The Morgan fingerprint density at radius 3 is 2.35 bits per heavy atom. The van der Waals surface area contributed by atoms with Gasteiger partial charge in [-0.15, -0.1) is 0 Å². The topological polar surface area (TPSA) is 38.7 Å². The van der Waals surface area contributed by atoms with Gasteiger partial charge in [-0.1, -0.05) is 12.1 Å². The molecule has 1 N–H and O–H groups in total. The van der Waals surface area contributed by atoms with Crippen LogP contribution in [0.3, 0.4) is 0 Å². The van der Waals surface area contributed by atoms with Crippen molar-refractivity contribution in [3.8, 4) is 11.5 Å². The third kappa shape index (κ3) is 3.48. The lowest BCUT2D eigenvalue weighted by Gasteiger charge is -2.13. The van der Waals surface area contributed by atoms with Crippen molar-refractivity contribution in [3.63, 3.8) is 0 Å². The predicted molar refractivity (Wildman–Crippen MR) is 74.6 cm³/mol. The minimum absolute atomic E-state index is 0.109. The van der Waals surface area contributed by atoms with E-state index in [-0.39, 0.29) is 12.4 Å². The Morgan fingerprint density at radius 2 is 1.75 bits per heavy atom. The Morgan fingerprint density at radius 1 is 1.10 bits per heavy atom. The van der Waals surface area contributed by atoms with Gasteiger partial charge in [0.25, 0.3) is 0 Å². The smallest absolute Gasteiger partial charge is 0.126 e. The summed E-state index contributed by atoms with van der Waals surface area (Å²) in [7, 11) is 1.59. The second-order valence-corrected chi connectivity index (χ2v) is 4.51. The molecule has 1 unspecified atom stereocenters. The summed E-state index contributed by atoms with van der Waals surface area (Å²) in [5.41, 5.74) is 1.26. The summed E-state index contributed by atoms with van der Waals surface area (Å²) in [6.45, 7) is 1.78. The third-order valence-electron chi connectivity index (χ3n) is 3.04. The van der Waals surface area contributed by atoms with E-state index in [1.54, 1.807) is 50.4 Å². The lowest BCUT2D eigenvalue weighted by atomic mass is 10.1. The molecule has 3 nitrogen and oxygen atoms in total. The van der Waals surface area contributed by atoms with Gasteiger partial charge in [-0.3, -0.25) is 0 Å². The molecule has 2 rings (SSSR count). The SMILES string of the molecule is COc1ccc(C(O)COc2ccc(F)c(C)c2)cc1. The largest absolute Gasteiger partial charge is 0.497 e. The first kappa shape index (κ1) is 14.3. The highest BCUT2D eigenvalue weighted by Gasteiger charge is 2.09. The van der Waals surface area contributed by atoms with Crippen LogP contribution in [0.15, 0.2) is 42.5 Å². The van der Waals surface area contributed by atoms with E-state index in [1.165, 1.54) is 6.07 Å². The summed E-state index contributed by atoms with van der Waals surface area (Å²) in [6.07, 6.45) is -0.744. The number of hydrogen-bond donors (Lipinski definition) is 1. The van der Waals surface area contributed by atoms with E-state index in [9.17, 15) is 9.50 Å². The van der Waals surface area contributed by atoms with Gasteiger partial charge in [-0.05, 0) is 48.4 Å². The predicted octanol–water partition coefficient (Wildman–Crippen LogP) is 3.26. The van der Waals surface area contributed by atoms with Gasteiger partial charge < -0.3 is 14.6 Å². The van der Waals surface area contributed by atoms with E-state index in [0.717, 1.165) is 11.3 Å². The lowest BCUT2D eigenvalue weighted by Crippen LogP contribution is -2.09. The van der Waals surface area contributed by atoms with Gasteiger partial charge in [0.15, 0.2) is 0 Å². The summed E-state index contributed by atoms with van der Waals surface area (Å²) < 4.78 is 23.6. The van der Waals surface area contributed by atoms with Crippen molar-refractivity contribution in [2.75, 3.05) is 13.7 Å². The van der Waals surface area contributed by atoms with Gasteiger partial charge >= 0.3 is 0 Å². The molecule has 0 aliphatic heterocycles. The second-order valence-electron chi connectivity index (χ2n) is 4.51. The highest BCUT2D eigenvalue weighted by atomic mass is 19.1. The number of rotatable bonds is 5. The molecule has 0 fully saturated rings. The molecule has 20 heavy (non-hydrogen) atoms. The number of aliphatic hydroxyl groups is 1. The van der Waals surface area contributed by atoms with Crippen LogP contribution in [0.5, 0.6) is 11.5 Å². The number of hydrogen-bond acceptors (Lipinski definition) is 3. The number of halogens is 1. The quantitative estimate of drug-likeness (QED) is 0.911. The van der Waals surface area contributed by atoms with Crippen LogP contribution in [0.2, 0.25) is 0 Å². The van der Waals surface area contributed by atoms with Crippen molar-refractivity contribution in [1.29, 1.82) is 0 Å². The summed E-state index contributed by atoms with van der Waals surface area (Å²) in [5, 5.41) is 10.0.